The highest BCUT2D eigenvalue weighted by molar-refractivity contribution is 5.96. The van der Waals surface area contributed by atoms with E-state index in [0.29, 0.717) is 11.4 Å². The summed E-state index contributed by atoms with van der Waals surface area (Å²) in [4.78, 5) is 26.5. The van der Waals surface area contributed by atoms with Gasteiger partial charge in [0, 0.05) is 13.1 Å². The monoisotopic (exact) mass is 367 g/mol. The number of fused-ring (bicyclic) bond motifs is 1. The molecule has 0 unspecified atom stereocenters. The molecule has 0 spiro atoms. The van der Waals surface area contributed by atoms with Gasteiger partial charge in [-0.3, -0.25) is 14.5 Å². The highest BCUT2D eigenvalue weighted by atomic mass is 16.5. The fourth-order valence-corrected chi connectivity index (χ4v) is 3.24. The molecule has 2 amide bonds. The van der Waals surface area contributed by atoms with Gasteiger partial charge in [-0.15, -0.1) is 0 Å². The van der Waals surface area contributed by atoms with Crippen LogP contribution in [0.1, 0.15) is 16.7 Å². The Morgan fingerprint density at radius 2 is 1.89 bits per heavy atom. The molecule has 27 heavy (non-hydrogen) atoms. The van der Waals surface area contributed by atoms with Crippen LogP contribution in [0.5, 0.6) is 5.75 Å². The summed E-state index contributed by atoms with van der Waals surface area (Å²) in [7, 11) is 1.55. The molecule has 1 heterocycles. The van der Waals surface area contributed by atoms with E-state index < -0.39 is 0 Å². The van der Waals surface area contributed by atoms with Crippen molar-refractivity contribution in [3.05, 3.63) is 59.2 Å². The highest BCUT2D eigenvalue weighted by Gasteiger charge is 2.18. The van der Waals surface area contributed by atoms with Crippen molar-refractivity contribution in [2.24, 2.45) is 0 Å². The number of hydrogen-bond acceptors (Lipinski definition) is 4. The standard InChI is InChI=1S/C21H25N3O3/c1-15-7-8-19(27-2)18(11-15)23-20(25)12-22-21(26)14-24-10-9-16-5-3-4-6-17(16)13-24/h3-8,11H,9-10,12-14H2,1-2H3,(H,22,26)(H,23,25). The second-order valence-corrected chi connectivity index (χ2v) is 6.76. The van der Waals surface area contributed by atoms with Gasteiger partial charge in [0.2, 0.25) is 11.8 Å². The molecule has 6 heteroatoms. The molecule has 0 atom stereocenters. The molecule has 0 aliphatic carbocycles. The quantitative estimate of drug-likeness (QED) is 0.820. The average molecular weight is 367 g/mol. The Hall–Kier alpha value is -2.86. The van der Waals surface area contributed by atoms with Crippen molar-refractivity contribution >= 4 is 17.5 Å². The number of rotatable bonds is 6. The van der Waals surface area contributed by atoms with E-state index in [2.05, 4.69) is 27.7 Å². The highest BCUT2D eigenvalue weighted by Crippen LogP contribution is 2.25. The van der Waals surface area contributed by atoms with Crippen molar-refractivity contribution in [2.75, 3.05) is 32.1 Å². The van der Waals surface area contributed by atoms with E-state index in [-0.39, 0.29) is 24.9 Å². The summed E-state index contributed by atoms with van der Waals surface area (Å²) >= 11 is 0. The molecule has 1 aliphatic heterocycles. The van der Waals surface area contributed by atoms with E-state index in [1.54, 1.807) is 13.2 Å². The van der Waals surface area contributed by atoms with Crippen LogP contribution < -0.4 is 15.4 Å². The van der Waals surface area contributed by atoms with E-state index >= 15 is 0 Å². The molecular formula is C21H25N3O3. The lowest BCUT2D eigenvalue weighted by Gasteiger charge is -2.28. The predicted octanol–water partition coefficient (Wildman–Crippen LogP) is 2.12. The minimum Gasteiger partial charge on any atom is -0.495 e. The van der Waals surface area contributed by atoms with Crippen LogP contribution in [-0.4, -0.2) is 43.5 Å². The van der Waals surface area contributed by atoms with Crippen molar-refractivity contribution in [2.45, 2.75) is 19.9 Å². The molecule has 0 saturated heterocycles. The first-order valence-electron chi connectivity index (χ1n) is 9.05. The van der Waals surface area contributed by atoms with Crippen LogP contribution in [0.3, 0.4) is 0 Å². The number of amides is 2. The zero-order valence-corrected chi connectivity index (χ0v) is 15.7. The summed E-state index contributed by atoms with van der Waals surface area (Å²) in [5, 5.41) is 5.47. The number of nitrogens with one attached hydrogen (secondary N) is 2. The largest absolute Gasteiger partial charge is 0.495 e. The van der Waals surface area contributed by atoms with E-state index in [1.165, 1.54) is 11.1 Å². The number of anilines is 1. The molecule has 0 bridgehead atoms. The lowest BCUT2D eigenvalue weighted by molar-refractivity contribution is -0.125. The first-order chi connectivity index (χ1) is 13.0. The fraction of sp³-hybridized carbons (Fsp3) is 0.333. The molecule has 0 aromatic heterocycles. The average Bonchev–Trinajstić information content (AvgIpc) is 2.66. The first kappa shape index (κ1) is 18.9. The van der Waals surface area contributed by atoms with Gasteiger partial charge < -0.3 is 15.4 Å². The van der Waals surface area contributed by atoms with Crippen LogP contribution >= 0.6 is 0 Å². The predicted molar refractivity (Wildman–Crippen MR) is 105 cm³/mol. The third-order valence-electron chi connectivity index (χ3n) is 4.65. The van der Waals surface area contributed by atoms with Crippen molar-refractivity contribution in [3.8, 4) is 5.75 Å². The lowest BCUT2D eigenvalue weighted by Crippen LogP contribution is -2.42. The molecule has 0 fully saturated rings. The number of benzene rings is 2. The Morgan fingerprint density at radius 1 is 1.11 bits per heavy atom. The normalized spacial score (nSPS) is 13.6. The summed E-state index contributed by atoms with van der Waals surface area (Å²) in [6, 6.07) is 13.8. The molecular weight excluding hydrogens is 342 g/mol. The molecule has 0 radical (unpaired) electrons. The number of carbonyl (C=O) groups is 2. The number of carbonyl (C=O) groups excluding carboxylic acids is 2. The molecule has 142 valence electrons. The van der Waals surface area contributed by atoms with Gasteiger partial charge in [0.25, 0.3) is 0 Å². The SMILES string of the molecule is COc1ccc(C)cc1NC(=O)CNC(=O)CN1CCc2ccccc2C1. The summed E-state index contributed by atoms with van der Waals surface area (Å²) < 4.78 is 5.25. The minimum absolute atomic E-state index is 0.0691. The van der Waals surface area contributed by atoms with E-state index in [4.69, 9.17) is 4.74 Å². The Morgan fingerprint density at radius 3 is 2.67 bits per heavy atom. The number of aryl methyl sites for hydroxylation is 1. The van der Waals surface area contributed by atoms with Crippen LogP contribution in [0.25, 0.3) is 0 Å². The van der Waals surface area contributed by atoms with Gasteiger partial charge in [-0.25, -0.2) is 0 Å². The molecule has 2 aromatic carbocycles. The molecule has 1 aliphatic rings. The van der Waals surface area contributed by atoms with Gasteiger partial charge in [-0.05, 0) is 42.2 Å². The summed E-state index contributed by atoms with van der Waals surface area (Å²) in [6.07, 6.45) is 0.942. The van der Waals surface area contributed by atoms with Crippen LogP contribution in [0, 0.1) is 6.92 Å². The maximum absolute atomic E-state index is 12.2. The Bertz CT molecular complexity index is 835. The molecule has 6 nitrogen and oxygen atoms in total. The Kier molecular flexibility index (Phi) is 6.08. The Balaban J connectivity index is 1.47. The van der Waals surface area contributed by atoms with E-state index in [0.717, 1.165) is 25.1 Å². The molecule has 0 saturated carbocycles. The second kappa shape index (κ2) is 8.68. The maximum Gasteiger partial charge on any atom is 0.243 e. The number of hydrogen-bond donors (Lipinski definition) is 2. The maximum atomic E-state index is 12.2. The van der Waals surface area contributed by atoms with E-state index in [9.17, 15) is 9.59 Å². The number of methoxy groups -OCH3 is 1. The number of nitrogens with zero attached hydrogens (tertiary/aromatic N) is 1. The lowest BCUT2D eigenvalue weighted by atomic mass is 10.00. The van der Waals surface area contributed by atoms with Gasteiger partial charge in [0.1, 0.15) is 5.75 Å². The van der Waals surface area contributed by atoms with Crippen LogP contribution in [0.4, 0.5) is 5.69 Å². The number of ether oxygens (including phenoxy) is 1. The van der Waals surface area contributed by atoms with Crippen LogP contribution in [0.15, 0.2) is 42.5 Å². The molecule has 2 aromatic rings. The van der Waals surface area contributed by atoms with Crippen molar-refractivity contribution in [1.29, 1.82) is 0 Å². The first-order valence-corrected chi connectivity index (χ1v) is 9.05. The summed E-state index contributed by atoms with van der Waals surface area (Å²) in [5.74, 6) is 0.157. The van der Waals surface area contributed by atoms with Crippen molar-refractivity contribution in [1.82, 2.24) is 10.2 Å². The second-order valence-electron chi connectivity index (χ2n) is 6.76. The minimum atomic E-state index is -0.281. The van der Waals surface area contributed by atoms with E-state index in [1.807, 2.05) is 31.2 Å². The van der Waals surface area contributed by atoms with Gasteiger partial charge in [-0.1, -0.05) is 30.3 Å². The zero-order valence-electron chi connectivity index (χ0n) is 15.7. The third kappa shape index (κ3) is 5.08. The van der Waals surface area contributed by atoms with Gasteiger partial charge in [-0.2, -0.15) is 0 Å². The van der Waals surface area contributed by atoms with Gasteiger partial charge in [0.15, 0.2) is 0 Å². The summed E-state index contributed by atoms with van der Waals surface area (Å²) in [5.41, 5.74) is 4.23. The van der Waals surface area contributed by atoms with Crippen molar-refractivity contribution in [3.63, 3.8) is 0 Å². The smallest absolute Gasteiger partial charge is 0.243 e. The Labute approximate surface area is 159 Å². The van der Waals surface area contributed by atoms with Gasteiger partial charge >= 0.3 is 0 Å². The molecule has 3 rings (SSSR count). The molecule has 2 N–H and O–H groups in total. The summed E-state index contributed by atoms with van der Waals surface area (Å²) in [6.45, 7) is 3.76. The van der Waals surface area contributed by atoms with Gasteiger partial charge in [0.05, 0.1) is 25.9 Å². The van der Waals surface area contributed by atoms with Crippen molar-refractivity contribution < 1.29 is 14.3 Å². The third-order valence-corrected chi connectivity index (χ3v) is 4.65. The van der Waals surface area contributed by atoms with Crippen LogP contribution in [0.2, 0.25) is 0 Å². The van der Waals surface area contributed by atoms with Crippen LogP contribution in [-0.2, 0) is 22.6 Å². The fourth-order valence-electron chi connectivity index (χ4n) is 3.24. The topological polar surface area (TPSA) is 70.7 Å². The zero-order chi connectivity index (χ0) is 19.2.